The van der Waals surface area contributed by atoms with Gasteiger partial charge in [-0.25, -0.2) is 4.79 Å². The molecule has 18 heavy (non-hydrogen) atoms. The highest BCUT2D eigenvalue weighted by Gasteiger charge is 2.33. The van der Waals surface area contributed by atoms with Gasteiger partial charge in [0.2, 0.25) is 0 Å². The normalized spacial score (nSPS) is 27.8. The van der Waals surface area contributed by atoms with Crippen LogP contribution in [-0.2, 0) is 4.84 Å². The van der Waals surface area contributed by atoms with Gasteiger partial charge in [-0.3, -0.25) is 0 Å². The molecule has 3 aliphatic rings. The molecule has 4 rings (SSSR count). The summed E-state index contributed by atoms with van der Waals surface area (Å²) in [4.78, 5) is 17.6. The number of nitrogens with one attached hydrogen (secondary N) is 1. The predicted octanol–water partition coefficient (Wildman–Crippen LogP) is 1.58. The fourth-order valence-corrected chi connectivity index (χ4v) is 2.72. The minimum Gasteiger partial charge on any atom is -0.364 e. The molecule has 0 aliphatic carbocycles. The lowest BCUT2D eigenvalue weighted by Gasteiger charge is -2.35. The van der Waals surface area contributed by atoms with Gasteiger partial charge in [0.1, 0.15) is 0 Å². The molecule has 1 aromatic carbocycles. The Labute approximate surface area is 107 Å². The predicted molar refractivity (Wildman–Crippen MR) is 68.0 cm³/mol. The third kappa shape index (κ3) is 2.40. The quantitative estimate of drug-likeness (QED) is 0.860. The Kier molecular flexibility index (Phi) is 3.30. The Hall–Kier alpha value is -1.39. The van der Waals surface area contributed by atoms with Crippen LogP contribution in [0.5, 0.6) is 0 Å². The van der Waals surface area contributed by atoms with Crippen molar-refractivity contribution in [1.29, 1.82) is 0 Å². The largest absolute Gasteiger partial charge is 0.364 e. The first-order valence-corrected chi connectivity index (χ1v) is 6.60. The summed E-state index contributed by atoms with van der Waals surface area (Å²) in [5.74, 6) is -0.247. The number of piperazine rings is 1. The molecule has 0 aromatic heterocycles. The van der Waals surface area contributed by atoms with Gasteiger partial charge in [0.15, 0.2) is 0 Å². The highest BCUT2D eigenvalue weighted by molar-refractivity contribution is 5.89. The van der Waals surface area contributed by atoms with Gasteiger partial charge < -0.3 is 10.2 Å². The van der Waals surface area contributed by atoms with Crippen molar-refractivity contribution in [2.45, 2.75) is 31.3 Å². The van der Waals surface area contributed by atoms with Crippen LogP contribution in [0.25, 0.3) is 0 Å². The van der Waals surface area contributed by atoms with E-state index in [1.54, 1.807) is 12.1 Å². The maximum Gasteiger partial charge on any atom is 0.357 e. The van der Waals surface area contributed by atoms with Crippen molar-refractivity contribution >= 4 is 5.97 Å². The summed E-state index contributed by atoms with van der Waals surface area (Å²) in [5.41, 5.74) is 0.616. The summed E-state index contributed by atoms with van der Waals surface area (Å²) < 4.78 is 0. The van der Waals surface area contributed by atoms with Crippen LogP contribution in [-0.4, -0.2) is 36.2 Å². The Morgan fingerprint density at radius 3 is 2.94 bits per heavy atom. The first-order valence-electron chi connectivity index (χ1n) is 6.60. The fourth-order valence-electron chi connectivity index (χ4n) is 2.72. The molecular formula is C14H18N2O2. The molecule has 0 saturated carbocycles. The number of carbonyl (C=O) groups is 1. The smallest absolute Gasteiger partial charge is 0.357 e. The van der Waals surface area contributed by atoms with E-state index in [4.69, 9.17) is 4.84 Å². The average molecular weight is 246 g/mol. The first-order chi connectivity index (χ1) is 8.83. The summed E-state index contributed by atoms with van der Waals surface area (Å²) in [6.45, 7) is 1.73. The summed E-state index contributed by atoms with van der Waals surface area (Å²) in [7, 11) is 0. The lowest BCUT2D eigenvalue weighted by atomic mass is 10.1. The van der Waals surface area contributed by atoms with E-state index in [0.29, 0.717) is 17.6 Å². The maximum absolute atomic E-state index is 12.0. The summed E-state index contributed by atoms with van der Waals surface area (Å²) in [6.07, 6.45) is 3.49. The Bertz CT molecular complexity index is 417. The molecule has 96 valence electrons. The zero-order valence-electron chi connectivity index (χ0n) is 10.3. The number of benzene rings is 1. The molecule has 4 nitrogen and oxygen atoms in total. The van der Waals surface area contributed by atoms with Crippen LogP contribution in [0.1, 0.15) is 29.6 Å². The van der Waals surface area contributed by atoms with Crippen molar-refractivity contribution in [1.82, 2.24) is 10.4 Å². The van der Waals surface area contributed by atoms with Crippen LogP contribution in [0.15, 0.2) is 30.3 Å². The molecule has 1 N–H and O–H groups in total. The van der Waals surface area contributed by atoms with Gasteiger partial charge in [-0.2, -0.15) is 0 Å². The molecule has 0 radical (unpaired) electrons. The zero-order chi connectivity index (χ0) is 12.4. The second-order valence-electron chi connectivity index (χ2n) is 5.03. The third-order valence-corrected chi connectivity index (χ3v) is 3.75. The summed E-state index contributed by atoms with van der Waals surface area (Å²) in [6, 6.07) is 9.98. The molecule has 3 saturated heterocycles. The fraction of sp³-hybridized carbons (Fsp3) is 0.500. The van der Waals surface area contributed by atoms with Crippen molar-refractivity contribution in [3.8, 4) is 0 Å². The van der Waals surface area contributed by atoms with Crippen LogP contribution in [0, 0.1) is 0 Å². The Morgan fingerprint density at radius 1 is 1.28 bits per heavy atom. The molecule has 3 aliphatic heterocycles. The monoisotopic (exact) mass is 246 g/mol. The Balaban J connectivity index is 1.68. The molecule has 1 aromatic rings. The van der Waals surface area contributed by atoms with E-state index in [1.807, 2.05) is 23.3 Å². The van der Waals surface area contributed by atoms with Crippen LogP contribution in [0.4, 0.5) is 0 Å². The van der Waals surface area contributed by atoms with Crippen molar-refractivity contribution in [3.63, 3.8) is 0 Å². The van der Waals surface area contributed by atoms with Crippen molar-refractivity contribution in [3.05, 3.63) is 35.9 Å². The molecule has 4 heteroatoms. The van der Waals surface area contributed by atoms with Crippen LogP contribution in [0.3, 0.4) is 0 Å². The first kappa shape index (κ1) is 11.7. The molecular weight excluding hydrogens is 228 g/mol. The van der Waals surface area contributed by atoms with E-state index in [0.717, 1.165) is 19.5 Å². The maximum atomic E-state index is 12.0. The van der Waals surface area contributed by atoms with E-state index in [-0.39, 0.29) is 5.97 Å². The van der Waals surface area contributed by atoms with Crippen molar-refractivity contribution in [2.75, 3.05) is 13.1 Å². The van der Waals surface area contributed by atoms with E-state index >= 15 is 0 Å². The number of rotatable bonds is 2. The van der Waals surface area contributed by atoms with Gasteiger partial charge in [-0.05, 0) is 25.0 Å². The van der Waals surface area contributed by atoms with Crippen LogP contribution >= 0.6 is 0 Å². The van der Waals surface area contributed by atoms with Gasteiger partial charge in [0, 0.05) is 12.6 Å². The lowest BCUT2D eigenvalue weighted by Crippen LogP contribution is -2.54. The van der Waals surface area contributed by atoms with E-state index in [9.17, 15) is 4.79 Å². The zero-order valence-corrected chi connectivity index (χ0v) is 10.3. The van der Waals surface area contributed by atoms with E-state index < -0.39 is 0 Å². The summed E-state index contributed by atoms with van der Waals surface area (Å²) >= 11 is 0. The second-order valence-corrected chi connectivity index (χ2v) is 5.03. The number of carbonyl (C=O) groups excluding carboxylic acids is 1. The van der Waals surface area contributed by atoms with E-state index in [1.165, 1.54) is 12.8 Å². The Morgan fingerprint density at radius 2 is 2.11 bits per heavy atom. The van der Waals surface area contributed by atoms with Crippen molar-refractivity contribution in [2.24, 2.45) is 0 Å². The SMILES string of the molecule is O=C(ON1CC2CCCC1CN2)c1ccccc1. The second kappa shape index (κ2) is 5.08. The molecule has 0 spiro atoms. The van der Waals surface area contributed by atoms with Crippen molar-refractivity contribution < 1.29 is 9.63 Å². The van der Waals surface area contributed by atoms with Gasteiger partial charge in [0.05, 0.1) is 18.2 Å². The molecule has 2 atom stereocenters. The standard InChI is InChI=1S/C14H18N2O2/c17-14(11-5-2-1-3-6-11)18-16-10-12-7-4-8-13(16)9-15-12/h1-3,5-6,12-13,15H,4,7-10H2. The molecule has 0 amide bonds. The van der Waals surface area contributed by atoms with Gasteiger partial charge in [0.25, 0.3) is 0 Å². The van der Waals surface area contributed by atoms with Gasteiger partial charge in [-0.15, -0.1) is 5.06 Å². The number of hydrogen-bond acceptors (Lipinski definition) is 4. The lowest BCUT2D eigenvalue weighted by molar-refractivity contribution is -0.149. The van der Waals surface area contributed by atoms with Crippen LogP contribution < -0.4 is 5.32 Å². The van der Waals surface area contributed by atoms with E-state index in [2.05, 4.69) is 5.32 Å². The number of fused-ring (bicyclic) bond motifs is 4. The topological polar surface area (TPSA) is 41.6 Å². The number of nitrogens with zero attached hydrogens (tertiary/aromatic N) is 1. The van der Waals surface area contributed by atoms with Gasteiger partial charge >= 0.3 is 5.97 Å². The van der Waals surface area contributed by atoms with Crippen LogP contribution in [0.2, 0.25) is 0 Å². The minimum atomic E-state index is -0.247. The molecule has 3 heterocycles. The number of hydrogen-bond donors (Lipinski definition) is 1. The highest BCUT2D eigenvalue weighted by Crippen LogP contribution is 2.22. The molecule has 2 bridgehead atoms. The highest BCUT2D eigenvalue weighted by atomic mass is 16.7. The summed E-state index contributed by atoms with van der Waals surface area (Å²) in [5, 5.41) is 5.37. The minimum absolute atomic E-state index is 0.247. The van der Waals surface area contributed by atoms with Gasteiger partial charge in [-0.1, -0.05) is 24.6 Å². The third-order valence-electron chi connectivity index (χ3n) is 3.75. The molecule has 2 unspecified atom stereocenters. The molecule has 3 fully saturated rings. The average Bonchev–Trinajstić information content (AvgIpc) is 2.75. The number of hydroxylamine groups is 2.